The second kappa shape index (κ2) is 14.2. The molecule has 0 fully saturated rings. The topological polar surface area (TPSA) is 55.8 Å². The van der Waals surface area contributed by atoms with Crippen LogP contribution in [-0.4, -0.2) is 43.1 Å². The average Bonchev–Trinajstić information content (AvgIpc) is 2.92. The molecule has 0 spiro atoms. The smallest absolute Gasteiger partial charge is 0.450 e. The van der Waals surface area contributed by atoms with Gasteiger partial charge in [0.05, 0.1) is 14.2 Å². The molecule has 4 nitrogen and oxygen atoms in total. The summed E-state index contributed by atoms with van der Waals surface area (Å²) in [7, 11) is 2.70. The Labute approximate surface area is 257 Å². The maximum Gasteiger partial charge on any atom is 0.450 e. The van der Waals surface area contributed by atoms with E-state index in [1.807, 2.05) is 0 Å². The van der Waals surface area contributed by atoms with Gasteiger partial charge in [-0.25, -0.2) is 8.78 Å². The Hall–Kier alpha value is -3.67. The molecular weight excluding hydrogens is 612 g/mol. The molecule has 0 aliphatic carbocycles. The maximum absolute atomic E-state index is 13.7. The van der Waals surface area contributed by atoms with Crippen molar-refractivity contribution in [3.8, 4) is 11.5 Å². The summed E-state index contributed by atoms with van der Waals surface area (Å²) in [4.78, 5) is 11.1. The van der Waals surface area contributed by atoms with Crippen LogP contribution in [0.4, 0.5) is 35.1 Å². The second-order valence-corrected chi connectivity index (χ2v) is 11.9. The molecule has 0 heterocycles. The molecule has 0 bridgehead atoms. The summed E-state index contributed by atoms with van der Waals surface area (Å²) in [6.45, 7) is 5.94. The number of hydrogen-bond donors (Lipinski definition) is 1. The standard InChI is InChI=1S/C20H22F4O2.C13H14F4O2/c1-18(2,16-11-15(21)9-10-17(16)26-3)13-19(25,20(22,23)24)12-14-7-5-4-6-8-14;1-12(2,7-11(18)13(15,16)17)9-6-8(14)4-5-10(9)19-3/h4-11,25H,12-13H2,1-3H3;4-6H,7H2,1-3H3. The lowest BCUT2D eigenvalue weighted by Crippen LogP contribution is -2.50. The number of aliphatic hydroxyl groups is 1. The van der Waals surface area contributed by atoms with E-state index < -0.39 is 65.5 Å². The van der Waals surface area contributed by atoms with E-state index in [0.29, 0.717) is 5.56 Å². The molecule has 1 unspecified atom stereocenters. The van der Waals surface area contributed by atoms with E-state index in [1.54, 1.807) is 18.2 Å². The van der Waals surface area contributed by atoms with E-state index in [4.69, 9.17) is 9.47 Å². The molecule has 0 aliphatic rings. The molecule has 0 saturated carbocycles. The Morgan fingerprint density at radius 1 is 0.711 bits per heavy atom. The van der Waals surface area contributed by atoms with Crippen molar-refractivity contribution in [3.63, 3.8) is 0 Å². The molecule has 12 heteroatoms. The van der Waals surface area contributed by atoms with Crippen LogP contribution in [0.5, 0.6) is 11.5 Å². The lowest BCUT2D eigenvalue weighted by Gasteiger charge is -2.38. The predicted molar refractivity (Wildman–Crippen MR) is 153 cm³/mol. The van der Waals surface area contributed by atoms with Crippen molar-refractivity contribution in [1.82, 2.24) is 0 Å². The van der Waals surface area contributed by atoms with Gasteiger partial charge in [-0.2, -0.15) is 26.3 Å². The summed E-state index contributed by atoms with van der Waals surface area (Å²) in [6.07, 6.45) is -11.7. The van der Waals surface area contributed by atoms with Crippen molar-refractivity contribution in [2.24, 2.45) is 0 Å². The van der Waals surface area contributed by atoms with Crippen molar-refractivity contribution in [1.29, 1.82) is 0 Å². The Morgan fingerprint density at radius 3 is 1.56 bits per heavy atom. The number of halogens is 8. The molecule has 45 heavy (non-hydrogen) atoms. The van der Waals surface area contributed by atoms with Crippen LogP contribution in [0.1, 0.15) is 57.2 Å². The summed E-state index contributed by atoms with van der Waals surface area (Å²) in [5.41, 5.74) is -4.46. The van der Waals surface area contributed by atoms with Gasteiger partial charge in [-0.15, -0.1) is 0 Å². The zero-order valence-corrected chi connectivity index (χ0v) is 25.7. The van der Waals surface area contributed by atoms with E-state index in [1.165, 1.54) is 72.2 Å². The molecule has 0 saturated heterocycles. The maximum atomic E-state index is 13.7. The van der Waals surface area contributed by atoms with E-state index in [2.05, 4.69) is 0 Å². The Balaban J connectivity index is 0.000000330. The SMILES string of the molecule is COc1ccc(F)cc1C(C)(C)CC(=O)C(F)(F)F.COc1ccc(F)cc1C(C)(C)CC(O)(Cc1ccccc1)C(F)(F)F. The van der Waals surface area contributed by atoms with Crippen LogP contribution in [0.3, 0.4) is 0 Å². The highest BCUT2D eigenvalue weighted by atomic mass is 19.4. The molecule has 0 aliphatic heterocycles. The van der Waals surface area contributed by atoms with Gasteiger partial charge in [-0.05, 0) is 53.8 Å². The van der Waals surface area contributed by atoms with Crippen molar-refractivity contribution < 1.29 is 54.5 Å². The zero-order chi connectivity index (χ0) is 34.4. The van der Waals surface area contributed by atoms with Crippen LogP contribution in [-0.2, 0) is 22.0 Å². The predicted octanol–water partition coefficient (Wildman–Crippen LogP) is 8.67. The monoisotopic (exact) mass is 648 g/mol. The Kier molecular flexibility index (Phi) is 11.8. The number of Topliss-reactive ketones (excluding diaryl/α,β-unsaturated/α-hetero) is 1. The lowest BCUT2D eigenvalue weighted by atomic mass is 9.72. The molecule has 248 valence electrons. The van der Waals surface area contributed by atoms with Crippen LogP contribution in [0, 0.1) is 11.6 Å². The summed E-state index contributed by atoms with van der Waals surface area (Å²) >= 11 is 0. The van der Waals surface area contributed by atoms with Crippen LogP contribution in [0.2, 0.25) is 0 Å². The van der Waals surface area contributed by atoms with Crippen molar-refractivity contribution in [2.75, 3.05) is 14.2 Å². The highest BCUT2D eigenvalue weighted by molar-refractivity contribution is 5.85. The van der Waals surface area contributed by atoms with Crippen molar-refractivity contribution in [2.45, 2.75) is 75.7 Å². The fourth-order valence-electron chi connectivity index (χ4n) is 5.04. The molecule has 1 atom stereocenters. The molecule has 0 radical (unpaired) electrons. The van der Waals surface area contributed by atoms with Crippen LogP contribution < -0.4 is 9.47 Å². The van der Waals surface area contributed by atoms with Crippen LogP contribution in [0.25, 0.3) is 0 Å². The van der Waals surface area contributed by atoms with E-state index in [9.17, 15) is 45.0 Å². The first-order valence-electron chi connectivity index (χ1n) is 13.7. The summed E-state index contributed by atoms with van der Waals surface area (Å²) in [6, 6.07) is 15.3. The quantitative estimate of drug-likeness (QED) is 0.224. The first kappa shape index (κ1) is 37.5. The minimum Gasteiger partial charge on any atom is -0.496 e. The molecular formula is C33H36F8O4. The third-order valence-electron chi connectivity index (χ3n) is 7.30. The number of hydrogen-bond acceptors (Lipinski definition) is 4. The molecule has 1 N–H and O–H groups in total. The lowest BCUT2D eigenvalue weighted by molar-refractivity contribution is -0.266. The number of methoxy groups -OCH3 is 2. The number of carbonyl (C=O) groups is 1. The highest BCUT2D eigenvalue weighted by Gasteiger charge is 2.56. The third-order valence-corrected chi connectivity index (χ3v) is 7.30. The molecule has 3 aromatic carbocycles. The minimum absolute atomic E-state index is 0.229. The molecule has 3 rings (SSSR count). The van der Waals surface area contributed by atoms with Crippen molar-refractivity contribution >= 4 is 5.78 Å². The van der Waals surface area contributed by atoms with Gasteiger partial charge in [0.2, 0.25) is 5.78 Å². The van der Waals surface area contributed by atoms with Crippen LogP contribution in [0.15, 0.2) is 66.7 Å². The first-order chi connectivity index (χ1) is 20.6. The first-order valence-corrected chi connectivity index (χ1v) is 13.7. The van der Waals surface area contributed by atoms with Gasteiger partial charge in [0.15, 0.2) is 5.60 Å². The van der Waals surface area contributed by atoms with E-state index in [-0.39, 0.29) is 22.6 Å². The van der Waals surface area contributed by atoms with Crippen molar-refractivity contribution in [3.05, 3.63) is 95.1 Å². The number of ether oxygens (including phenoxy) is 2. The number of carbonyl (C=O) groups excluding carboxylic acids is 1. The number of rotatable bonds is 10. The summed E-state index contributed by atoms with van der Waals surface area (Å²) in [5, 5.41) is 10.6. The fraction of sp³-hybridized carbons (Fsp3) is 0.424. The second-order valence-electron chi connectivity index (χ2n) is 11.9. The van der Waals surface area contributed by atoms with Gasteiger partial charge < -0.3 is 14.6 Å². The normalized spacial score (nSPS) is 13.8. The Morgan fingerprint density at radius 2 is 1.16 bits per heavy atom. The molecule has 3 aromatic rings. The van der Waals surface area contributed by atoms with Gasteiger partial charge in [0.25, 0.3) is 0 Å². The highest BCUT2D eigenvalue weighted by Crippen LogP contribution is 2.45. The molecule has 0 aromatic heterocycles. The summed E-state index contributed by atoms with van der Waals surface area (Å²) in [5.74, 6) is -2.48. The van der Waals surface area contributed by atoms with E-state index >= 15 is 0 Å². The third kappa shape index (κ3) is 9.91. The summed E-state index contributed by atoms with van der Waals surface area (Å²) < 4.78 is 115. The molecule has 0 amide bonds. The Bertz CT molecular complexity index is 1430. The van der Waals surface area contributed by atoms with Gasteiger partial charge >= 0.3 is 12.4 Å². The van der Waals surface area contributed by atoms with Gasteiger partial charge in [0, 0.05) is 29.4 Å². The van der Waals surface area contributed by atoms with Crippen LogP contribution >= 0.6 is 0 Å². The fourth-order valence-corrected chi connectivity index (χ4v) is 5.04. The van der Waals surface area contributed by atoms with E-state index in [0.717, 1.165) is 18.2 Å². The minimum atomic E-state index is -4.89. The zero-order valence-electron chi connectivity index (χ0n) is 25.7. The van der Waals surface area contributed by atoms with Gasteiger partial charge in [-0.1, -0.05) is 58.0 Å². The average molecular weight is 649 g/mol. The number of benzene rings is 3. The van der Waals surface area contributed by atoms with Gasteiger partial charge in [-0.3, -0.25) is 4.79 Å². The number of alkyl halides is 6. The van der Waals surface area contributed by atoms with Gasteiger partial charge in [0.1, 0.15) is 23.1 Å². The number of ketones is 1. The largest absolute Gasteiger partial charge is 0.496 e.